The molecule has 5 nitrogen and oxygen atoms in total. The van der Waals surface area contributed by atoms with Gasteiger partial charge in [-0.15, -0.1) is 0 Å². The van der Waals surface area contributed by atoms with Gasteiger partial charge in [0.2, 0.25) is 0 Å². The maximum atomic E-state index is 10.6. The zero-order chi connectivity index (χ0) is 7.72. The lowest BCUT2D eigenvalue weighted by atomic mass is 10.2. The summed E-state index contributed by atoms with van der Waals surface area (Å²) in [6, 6.07) is -0.696. The van der Waals surface area contributed by atoms with Crippen molar-refractivity contribution in [1.29, 1.82) is 5.41 Å². The minimum Gasteiger partial charge on any atom is -0.294 e. The highest BCUT2D eigenvalue weighted by molar-refractivity contribution is 6.68. The Kier molecular flexibility index (Phi) is 1.33. The highest BCUT2D eigenvalue weighted by Crippen LogP contribution is 1.90. The van der Waals surface area contributed by atoms with E-state index < -0.39 is 11.9 Å². The van der Waals surface area contributed by atoms with E-state index in [2.05, 4.69) is 4.99 Å². The Morgan fingerprint density at radius 3 is 2.60 bits per heavy atom. The van der Waals surface area contributed by atoms with Crippen LogP contribution in [-0.2, 0) is 4.79 Å². The van der Waals surface area contributed by atoms with Crippen LogP contribution in [0, 0.1) is 5.41 Å². The Bertz CT molecular complexity index is 254. The predicted molar refractivity (Wildman–Crippen MR) is 34.4 cm³/mol. The molecule has 1 aliphatic heterocycles. The fourth-order valence-corrected chi connectivity index (χ4v) is 0.560. The van der Waals surface area contributed by atoms with Gasteiger partial charge in [0, 0.05) is 0 Å². The van der Waals surface area contributed by atoms with Crippen molar-refractivity contribution in [2.45, 2.75) is 6.92 Å². The maximum absolute atomic E-state index is 10.6. The molecule has 1 rings (SSSR count). The van der Waals surface area contributed by atoms with E-state index in [-0.39, 0.29) is 11.4 Å². The van der Waals surface area contributed by atoms with Crippen LogP contribution in [0.4, 0.5) is 4.79 Å². The van der Waals surface area contributed by atoms with Crippen molar-refractivity contribution in [3.63, 3.8) is 0 Å². The molecule has 5 heteroatoms. The number of amides is 3. The largest absolute Gasteiger partial charge is 0.348 e. The van der Waals surface area contributed by atoms with Gasteiger partial charge in [0.05, 0.1) is 5.71 Å². The summed E-state index contributed by atoms with van der Waals surface area (Å²) in [5.74, 6) is -0.683. The average Bonchev–Trinajstić information content (AvgIpc) is 1.82. The Labute approximate surface area is 56.6 Å². The summed E-state index contributed by atoms with van der Waals surface area (Å²) in [6.07, 6.45) is 0. The maximum Gasteiger partial charge on any atom is 0.348 e. The second kappa shape index (κ2) is 2.02. The Morgan fingerprint density at radius 2 is 2.10 bits per heavy atom. The number of imide groups is 1. The Hall–Kier alpha value is -1.52. The number of nitrogens with one attached hydrogen (secondary N) is 2. The zero-order valence-electron chi connectivity index (χ0n) is 5.26. The second-order valence-electron chi connectivity index (χ2n) is 1.83. The van der Waals surface area contributed by atoms with Gasteiger partial charge < -0.3 is 0 Å². The number of urea groups is 1. The molecular weight excluding hydrogens is 134 g/mol. The minimum atomic E-state index is -0.696. The second-order valence-corrected chi connectivity index (χ2v) is 1.83. The third-order valence-electron chi connectivity index (χ3n) is 1.08. The number of hydrogen-bond acceptors (Lipinski definition) is 3. The van der Waals surface area contributed by atoms with Crippen molar-refractivity contribution in [2.75, 3.05) is 0 Å². The van der Waals surface area contributed by atoms with Crippen LogP contribution >= 0.6 is 0 Å². The lowest BCUT2D eigenvalue weighted by Gasteiger charge is -2.07. The smallest absolute Gasteiger partial charge is 0.294 e. The van der Waals surface area contributed by atoms with Crippen molar-refractivity contribution in [2.24, 2.45) is 4.99 Å². The number of nitrogens with zero attached hydrogens (tertiary/aromatic N) is 1. The van der Waals surface area contributed by atoms with Crippen LogP contribution in [-0.4, -0.2) is 23.4 Å². The van der Waals surface area contributed by atoms with Crippen molar-refractivity contribution in [3.05, 3.63) is 0 Å². The molecule has 52 valence electrons. The molecule has 3 amide bonds. The van der Waals surface area contributed by atoms with Gasteiger partial charge in [-0.05, 0) is 6.92 Å². The van der Waals surface area contributed by atoms with E-state index in [0.29, 0.717) is 0 Å². The van der Waals surface area contributed by atoms with Gasteiger partial charge in [-0.3, -0.25) is 15.5 Å². The van der Waals surface area contributed by atoms with Gasteiger partial charge in [0.25, 0.3) is 5.91 Å². The molecule has 0 atom stereocenters. The summed E-state index contributed by atoms with van der Waals surface area (Å²) >= 11 is 0. The van der Waals surface area contributed by atoms with Crippen molar-refractivity contribution in [1.82, 2.24) is 5.32 Å². The summed E-state index contributed by atoms with van der Waals surface area (Å²) in [5.41, 5.74) is -0.0895. The molecule has 0 saturated carbocycles. The van der Waals surface area contributed by atoms with E-state index in [1.165, 1.54) is 6.92 Å². The molecule has 0 aromatic heterocycles. The fraction of sp³-hybridized carbons (Fsp3) is 0.200. The molecule has 0 aliphatic carbocycles. The summed E-state index contributed by atoms with van der Waals surface area (Å²) in [4.78, 5) is 24.3. The van der Waals surface area contributed by atoms with Gasteiger partial charge in [-0.25, -0.2) is 4.79 Å². The van der Waals surface area contributed by atoms with Crippen LogP contribution in [0.15, 0.2) is 4.99 Å². The lowest BCUT2D eigenvalue weighted by molar-refractivity contribution is -0.113. The van der Waals surface area contributed by atoms with E-state index in [9.17, 15) is 9.59 Å². The van der Waals surface area contributed by atoms with E-state index in [0.717, 1.165) is 0 Å². The molecule has 0 aromatic rings. The minimum absolute atomic E-state index is 0.161. The van der Waals surface area contributed by atoms with Gasteiger partial charge in [0.1, 0.15) is 5.71 Å². The van der Waals surface area contributed by atoms with Gasteiger partial charge in [0.15, 0.2) is 0 Å². The molecule has 0 bridgehead atoms. The number of hydrogen-bond donors (Lipinski definition) is 2. The SMILES string of the molecule is CC1=NC(=O)NC(=O)C1=N. The number of carbonyl (C=O) groups is 2. The Balaban J connectivity index is 3.03. The van der Waals surface area contributed by atoms with Crippen molar-refractivity contribution < 1.29 is 9.59 Å². The molecule has 1 heterocycles. The molecule has 10 heavy (non-hydrogen) atoms. The summed E-state index contributed by atoms with van der Waals surface area (Å²) < 4.78 is 0. The first-order chi connectivity index (χ1) is 4.61. The number of rotatable bonds is 0. The van der Waals surface area contributed by atoms with Crippen LogP contribution < -0.4 is 5.32 Å². The molecule has 0 saturated heterocycles. The molecule has 1 aliphatic rings. The standard InChI is InChI=1S/C5H5N3O2/c1-2-3(6)4(9)8-5(10)7-2/h6H,1H3,(H,8,9,10). The number of carbonyl (C=O) groups excluding carboxylic acids is 2. The first kappa shape index (κ1) is 6.60. The van der Waals surface area contributed by atoms with Gasteiger partial charge >= 0.3 is 6.03 Å². The number of aliphatic imine (C=N–C) groups is 1. The van der Waals surface area contributed by atoms with E-state index in [1.54, 1.807) is 0 Å². The Morgan fingerprint density at radius 1 is 1.50 bits per heavy atom. The van der Waals surface area contributed by atoms with Gasteiger partial charge in [-0.1, -0.05) is 0 Å². The zero-order valence-corrected chi connectivity index (χ0v) is 5.26. The first-order valence-electron chi connectivity index (χ1n) is 2.61. The van der Waals surface area contributed by atoms with Crippen molar-refractivity contribution >= 4 is 23.4 Å². The lowest BCUT2D eigenvalue weighted by Crippen LogP contribution is -2.42. The van der Waals surface area contributed by atoms with Crippen molar-refractivity contribution in [3.8, 4) is 0 Å². The highest BCUT2D eigenvalue weighted by atomic mass is 16.2. The predicted octanol–water partition coefficient (Wildman–Crippen LogP) is -0.283. The van der Waals surface area contributed by atoms with E-state index in [1.807, 2.05) is 5.32 Å². The first-order valence-corrected chi connectivity index (χ1v) is 2.61. The molecule has 0 radical (unpaired) electrons. The highest BCUT2D eigenvalue weighted by Gasteiger charge is 2.20. The van der Waals surface area contributed by atoms with E-state index >= 15 is 0 Å². The fourth-order valence-electron chi connectivity index (χ4n) is 0.560. The van der Waals surface area contributed by atoms with Crippen LogP contribution in [0.1, 0.15) is 6.92 Å². The van der Waals surface area contributed by atoms with Crippen LogP contribution in [0.2, 0.25) is 0 Å². The van der Waals surface area contributed by atoms with E-state index in [4.69, 9.17) is 5.41 Å². The monoisotopic (exact) mass is 139 g/mol. The van der Waals surface area contributed by atoms with Gasteiger partial charge in [-0.2, -0.15) is 4.99 Å². The average molecular weight is 139 g/mol. The van der Waals surface area contributed by atoms with Crippen LogP contribution in [0.5, 0.6) is 0 Å². The molecular formula is C5H5N3O2. The van der Waals surface area contributed by atoms with Crippen LogP contribution in [0.3, 0.4) is 0 Å². The third kappa shape index (κ3) is 0.928. The summed E-state index contributed by atoms with van der Waals surface area (Å²) in [5, 5.41) is 8.87. The quantitative estimate of drug-likeness (QED) is 0.483. The normalized spacial score (nSPS) is 18.5. The van der Waals surface area contributed by atoms with Crippen LogP contribution in [0.25, 0.3) is 0 Å². The summed E-state index contributed by atoms with van der Waals surface area (Å²) in [6.45, 7) is 1.44. The third-order valence-corrected chi connectivity index (χ3v) is 1.08. The summed E-state index contributed by atoms with van der Waals surface area (Å²) in [7, 11) is 0. The molecule has 0 unspecified atom stereocenters. The molecule has 0 aromatic carbocycles. The molecule has 0 spiro atoms. The molecule has 2 N–H and O–H groups in total. The molecule has 0 fully saturated rings. The topological polar surface area (TPSA) is 82.4 Å².